The Morgan fingerprint density at radius 3 is 1.95 bits per heavy atom. The van der Waals surface area contributed by atoms with E-state index in [0.717, 1.165) is 12.0 Å². The van der Waals surface area contributed by atoms with Crippen LogP contribution in [0, 0.1) is 5.82 Å². The van der Waals surface area contributed by atoms with Gasteiger partial charge in [0.15, 0.2) is 0 Å². The number of nitrogens with two attached hydrogens (primary N) is 1. The third-order valence-corrected chi connectivity index (χ3v) is 4.07. The summed E-state index contributed by atoms with van der Waals surface area (Å²) in [5.41, 5.74) is 3.91. The molecule has 1 atom stereocenters. The van der Waals surface area contributed by atoms with Crippen LogP contribution in [0.25, 0.3) is 0 Å². The highest BCUT2D eigenvalue weighted by molar-refractivity contribution is 5.19. The van der Waals surface area contributed by atoms with Crippen molar-refractivity contribution in [3.63, 3.8) is 0 Å². The van der Waals surface area contributed by atoms with E-state index in [4.69, 9.17) is 5.84 Å². The molecule has 0 aromatic heterocycles. The normalized spacial score (nSPS) is 12.5. The molecular weight excluding hydrogens is 263 g/mol. The predicted octanol–water partition coefficient (Wildman–Crippen LogP) is 5.25. The molecule has 1 aromatic carbocycles. The molecule has 0 aliphatic carbocycles. The van der Waals surface area contributed by atoms with Gasteiger partial charge in [-0.05, 0) is 24.1 Å². The van der Waals surface area contributed by atoms with Gasteiger partial charge < -0.3 is 0 Å². The molecule has 0 spiro atoms. The molecule has 120 valence electrons. The minimum Gasteiger partial charge on any atom is -0.271 e. The van der Waals surface area contributed by atoms with Crippen LogP contribution < -0.4 is 11.3 Å². The number of hydrogen-bond donors (Lipinski definition) is 2. The zero-order valence-corrected chi connectivity index (χ0v) is 13.4. The molecule has 0 radical (unpaired) electrons. The monoisotopic (exact) mass is 294 g/mol. The predicted molar refractivity (Wildman–Crippen MR) is 88.3 cm³/mol. The molecule has 0 bridgehead atoms. The Labute approximate surface area is 129 Å². The van der Waals surface area contributed by atoms with Gasteiger partial charge in [0.1, 0.15) is 5.82 Å². The summed E-state index contributed by atoms with van der Waals surface area (Å²) in [4.78, 5) is 0. The lowest BCUT2D eigenvalue weighted by Crippen LogP contribution is -2.27. The molecule has 0 saturated heterocycles. The highest BCUT2D eigenvalue weighted by Crippen LogP contribution is 2.20. The van der Waals surface area contributed by atoms with Crippen LogP contribution in [0.1, 0.15) is 82.7 Å². The van der Waals surface area contributed by atoms with Gasteiger partial charge in [-0.3, -0.25) is 11.3 Å². The molecule has 2 nitrogen and oxygen atoms in total. The molecule has 21 heavy (non-hydrogen) atoms. The minimum absolute atomic E-state index is 0.134. The van der Waals surface area contributed by atoms with Crippen LogP contribution in [-0.4, -0.2) is 0 Å². The van der Waals surface area contributed by atoms with Crippen molar-refractivity contribution >= 4 is 0 Å². The number of hydrazine groups is 1. The van der Waals surface area contributed by atoms with Crippen molar-refractivity contribution in [3.05, 3.63) is 35.6 Å². The molecule has 0 fully saturated rings. The maximum absolute atomic E-state index is 12.9. The smallest absolute Gasteiger partial charge is 0.123 e. The lowest BCUT2D eigenvalue weighted by atomic mass is 10.00. The van der Waals surface area contributed by atoms with Crippen LogP contribution in [-0.2, 0) is 0 Å². The number of rotatable bonds is 12. The first-order chi connectivity index (χ1) is 10.3. The van der Waals surface area contributed by atoms with E-state index >= 15 is 0 Å². The summed E-state index contributed by atoms with van der Waals surface area (Å²) >= 11 is 0. The maximum atomic E-state index is 12.9. The van der Waals surface area contributed by atoms with Crippen LogP contribution in [0.4, 0.5) is 4.39 Å². The van der Waals surface area contributed by atoms with Gasteiger partial charge in [-0.25, -0.2) is 4.39 Å². The highest BCUT2D eigenvalue weighted by Gasteiger charge is 2.08. The number of unbranched alkanes of at least 4 members (excludes halogenated alkanes) is 8. The van der Waals surface area contributed by atoms with Crippen molar-refractivity contribution in [2.45, 2.75) is 77.2 Å². The van der Waals surface area contributed by atoms with Gasteiger partial charge in [0.05, 0.1) is 0 Å². The van der Waals surface area contributed by atoms with Crippen molar-refractivity contribution in [1.82, 2.24) is 5.43 Å². The zero-order valence-electron chi connectivity index (χ0n) is 13.4. The average molecular weight is 294 g/mol. The minimum atomic E-state index is -0.197. The Bertz CT molecular complexity index is 351. The molecule has 1 aromatic rings. The summed E-state index contributed by atoms with van der Waals surface area (Å²) in [5.74, 6) is 5.41. The number of hydrogen-bond acceptors (Lipinski definition) is 2. The van der Waals surface area contributed by atoms with Crippen LogP contribution in [0.3, 0.4) is 0 Å². The fourth-order valence-electron chi connectivity index (χ4n) is 2.70. The third-order valence-electron chi connectivity index (χ3n) is 4.07. The topological polar surface area (TPSA) is 38.0 Å². The van der Waals surface area contributed by atoms with Crippen LogP contribution >= 0.6 is 0 Å². The van der Waals surface area contributed by atoms with Gasteiger partial charge in [-0.15, -0.1) is 0 Å². The van der Waals surface area contributed by atoms with Crippen molar-refractivity contribution in [3.8, 4) is 0 Å². The third kappa shape index (κ3) is 8.18. The number of nitrogens with one attached hydrogen (secondary N) is 1. The number of benzene rings is 1. The average Bonchev–Trinajstić information content (AvgIpc) is 2.51. The summed E-state index contributed by atoms with van der Waals surface area (Å²) < 4.78 is 12.9. The SMILES string of the molecule is CCCCCCCCCCCC(NN)c1ccc(F)cc1. The lowest BCUT2D eigenvalue weighted by Gasteiger charge is -2.16. The molecule has 0 amide bonds. The van der Waals surface area contributed by atoms with Crippen molar-refractivity contribution in [2.24, 2.45) is 5.84 Å². The number of halogens is 1. The fraction of sp³-hybridized carbons (Fsp3) is 0.667. The molecule has 3 N–H and O–H groups in total. The van der Waals surface area contributed by atoms with Crippen LogP contribution in [0.15, 0.2) is 24.3 Å². The van der Waals surface area contributed by atoms with Gasteiger partial charge in [0.25, 0.3) is 0 Å². The second-order valence-electron chi connectivity index (χ2n) is 5.89. The standard InChI is InChI=1S/C18H31FN2/c1-2-3-4-5-6-7-8-9-10-11-18(21-20)16-12-14-17(19)15-13-16/h12-15,18,21H,2-11,20H2,1H3. The first-order valence-corrected chi connectivity index (χ1v) is 8.49. The Hall–Kier alpha value is -0.930. The molecule has 0 aliphatic rings. The molecule has 1 unspecified atom stereocenters. The van der Waals surface area contributed by atoms with E-state index in [1.807, 2.05) is 12.1 Å². The molecule has 3 heteroatoms. The summed E-state index contributed by atoms with van der Waals surface area (Å²) in [6.07, 6.45) is 12.9. The van der Waals surface area contributed by atoms with E-state index in [0.29, 0.717) is 0 Å². The largest absolute Gasteiger partial charge is 0.271 e. The Kier molecular flexibility index (Phi) is 10.1. The van der Waals surface area contributed by atoms with Crippen molar-refractivity contribution in [2.75, 3.05) is 0 Å². The van der Waals surface area contributed by atoms with Crippen molar-refractivity contribution in [1.29, 1.82) is 0 Å². The van der Waals surface area contributed by atoms with E-state index in [9.17, 15) is 4.39 Å². The first-order valence-electron chi connectivity index (χ1n) is 8.49. The fourth-order valence-corrected chi connectivity index (χ4v) is 2.70. The summed E-state index contributed by atoms with van der Waals surface area (Å²) in [6, 6.07) is 6.75. The maximum Gasteiger partial charge on any atom is 0.123 e. The van der Waals surface area contributed by atoms with E-state index < -0.39 is 0 Å². The Balaban J connectivity index is 2.08. The van der Waals surface area contributed by atoms with Gasteiger partial charge >= 0.3 is 0 Å². The van der Waals surface area contributed by atoms with Gasteiger partial charge in [-0.2, -0.15) is 0 Å². The van der Waals surface area contributed by atoms with Crippen LogP contribution in [0.5, 0.6) is 0 Å². The highest BCUT2D eigenvalue weighted by atomic mass is 19.1. The molecule has 1 rings (SSSR count). The van der Waals surface area contributed by atoms with Gasteiger partial charge in [0.2, 0.25) is 0 Å². The van der Waals surface area contributed by atoms with Crippen LogP contribution in [0.2, 0.25) is 0 Å². The molecular formula is C18H31FN2. The second-order valence-corrected chi connectivity index (χ2v) is 5.89. The first kappa shape index (κ1) is 18.1. The van der Waals surface area contributed by atoms with Gasteiger partial charge in [0, 0.05) is 6.04 Å². The molecule has 0 saturated carbocycles. The molecule has 0 heterocycles. The Morgan fingerprint density at radius 1 is 0.905 bits per heavy atom. The van der Waals surface area contributed by atoms with Gasteiger partial charge in [-0.1, -0.05) is 76.8 Å². The summed E-state index contributed by atoms with van der Waals surface area (Å²) in [6.45, 7) is 2.25. The lowest BCUT2D eigenvalue weighted by molar-refractivity contribution is 0.473. The zero-order chi connectivity index (χ0) is 15.3. The van der Waals surface area contributed by atoms with E-state index in [2.05, 4.69) is 12.3 Å². The molecule has 0 aliphatic heterocycles. The van der Waals surface area contributed by atoms with E-state index in [-0.39, 0.29) is 11.9 Å². The second kappa shape index (κ2) is 11.7. The van der Waals surface area contributed by atoms with E-state index in [1.165, 1.54) is 69.9 Å². The van der Waals surface area contributed by atoms with E-state index in [1.54, 1.807) is 0 Å². The Morgan fingerprint density at radius 2 is 1.43 bits per heavy atom. The quantitative estimate of drug-likeness (QED) is 0.314. The summed E-state index contributed by atoms with van der Waals surface area (Å²) in [5, 5.41) is 0. The summed E-state index contributed by atoms with van der Waals surface area (Å²) in [7, 11) is 0. The van der Waals surface area contributed by atoms with Crippen molar-refractivity contribution < 1.29 is 4.39 Å².